The van der Waals surface area contributed by atoms with Gasteiger partial charge in [0.1, 0.15) is 5.41 Å². The summed E-state index contributed by atoms with van der Waals surface area (Å²) in [4.78, 5) is 18.4. The molecule has 1 aromatic rings. The zero-order valence-electron chi connectivity index (χ0n) is 15.8. The van der Waals surface area contributed by atoms with Gasteiger partial charge in [-0.1, -0.05) is 6.07 Å². The van der Waals surface area contributed by atoms with E-state index >= 15 is 0 Å². The highest BCUT2D eigenvalue weighted by molar-refractivity contribution is 7.10. The molecule has 1 saturated heterocycles. The van der Waals surface area contributed by atoms with Crippen molar-refractivity contribution in [2.24, 2.45) is 10.8 Å². The van der Waals surface area contributed by atoms with Crippen LogP contribution in [0.2, 0.25) is 0 Å². The molecule has 0 aromatic carbocycles. The normalized spacial score (nSPS) is 30.0. The third kappa shape index (κ3) is 3.11. The fraction of sp³-hybridized carbons (Fsp3) is 0.700. The van der Waals surface area contributed by atoms with E-state index in [2.05, 4.69) is 42.6 Å². The number of hydrogen-bond donors (Lipinski definition) is 0. The molecule has 0 radical (unpaired) electrons. The van der Waals surface area contributed by atoms with E-state index in [4.69, 9.17) is 0 Å². The standard InChI is InChI=1S/C20H29N3OS/c1-18(2,14-21)17(24)23-12-11-19(15-23)7-9-20(10-8-19,22(3)4)16-6-5-13-25-16/h5-6,13H,7-12,15H2,1-4H3. The summed E-state index contributed by atoms with van der Waals surface area (Å²) < 4.78 is 0. The van der Waals surface area contributed by atoms with Crippen LogP contribution in [0.25, 0.3) is 0 Å². The summed E-state index contributed by atoms with van der Waals surface area (Å²) in [6.45, 7) is 5.09. The molecule has 1 amide bonds. The molecule has 1 saturated carbocycles. The van der Waals surface area contributed by atoms with Gasteiger partial charge in [-0.2, -0.15) is 5.26 Å². The van der Waals surface area contributed by atoms with Gasteiger partial charge in [0.25, 0.3) is 0 Å². The minimum absolute atomic E-state index is 0.00502. The fourth-order valence-electron chi connectivity index (χ4n) is 4.61. The van der Waals surface area contributed by atoms with E-state index in [0.29, 0.717) is 0 Å². The highest BCUT2D eigenvalue weighted by Gasteiger charge is 2.49. The first-order valence-electron chi connectivity index (χ1n) is 9.17. The second-order valence-corrected chi connectivity index (χ2v) is 9.56. The first kappa shape index (κ1) is 18.4. The zero-order valence-corrected chi connectivity index (χ0v) is 16.7. The third-order valence-electron chi connectivity index (χ3n) is 6.51. The number of amides is 1. The van der Waals surface area contributed by atoms with E-state index in [9.17, 15) is 10.1 Å². The monoisotopic (exact) mass is 359 g/mol. The molecule has 2 fully saturated rings. The Labute approximate surface area is 155 Å². The van der Waals surface area contributed by atoms with Gasteiger partial charge in [-0.05, 0) is 76.9 Å². The molecular weight excluding hydrogens is 330 g/mol. The van der Waals surface area contributed by atoms with Crippen molar-refractivity contribution in [3.05, 3.63) is 22.4 Å². The highest BCUT2D eigenvalue weighted by Crippen LogP contribution is 2.52. The van der Waals surface area contributed by atoms with Crippen molar-refractivity contribution in [2.75, 3.05) is 27.2 Å². The Morgan fingerprint density at radius 2 is 1.96 bits per heavy atom. The van der Waals surface area contributed by atoms with E-state index in [1.54, 1.807) is 13.8 Å². The molecule has 0 unspecified atom stereocenters. The predicted octanol–water partition coefficient (Wildman–Crippen LogP) is 3.85. The molecule has 0 bridgehead atoms. The van der Waals surface area contributed by atoms with Crippen LogP contribution in [0.1, 0.15) is 50.8 Å². The smallest absolute Gasteiger partial charge is 0.242 e. The third-order valence-corrected chi connectivity index (χ3v) is 7.58. The van der Waals surface area contributed by atoms with Gasteiger partial charge in [-0.3, -0.25) is 9.69 Å². The van der Waals surface area contributed by atoms with Crippen LogP contribution >= 0.6 is 11.3 Å². The molecule has 0 atom stereocenters. The molecule has 1 spiro atoms. The van der Waals surface area contributed by atoms with E-state index in [1.165, 1.54) is 4.88 Å². The molecule has 0 N–H and O–H groups in total. The van der Waals surface area contributed by atoms with Gasteiger partial charge in [-0.25, -0.2) is 0 Å². The van der Waals surface area contributed by atoms with Crippen LogP contribution in [-0.2, 0) is 10.3 Å². The first-order chi connectivity index (χ1) is 11.7. The fourth-order valence-corrected chi connectivity index (χ4v) is 5.68. The molecular formula is C20H29N3OS. The second kappa shape index (κ2) is 6.41. The van der Waals surface area contributed by atoms with E-state index in [0.717, 1.165) is 45.2 Å². The van der Waals surface area contributed by atoms with Crippen molar-refractivity contribution in [3.8, 4) is 6.07 Å². The summed E-state index contributed by atoms with van der Waals surface area (Å²) >= 11 is 1.86. The highest BCUT2D eigenvalue weighted by atomic mass is 32.1. The van der Waals surface area contributed by atoms with Crippen LogP contribution in [0, 0.1) is 22.2 Å². The van der Waals surface area contributed by atoms with Crippen molar-refractivity contribution >= 4 is 17.2 Å². The lowest BCUT2D eigenvalue weighted by molar-refractivity contribution is -0.137. The molecule has 3 rings (SSSR count). The Balaban J connectivity index is 1.72. The van der Waals surface area contributed by atoms with E-state index in [1.807, 2.05) is 16.2 Å². The van der Waals surface area contributed by atoms with Gasteiger partial charge in [0.15, 0.2) is 0 Å². The number of likely N-dealkylation sites (tertiary alicyclic amines) is 1. The molecule has 136 valence electrons. The van der Waals surface area contributed by atoms with E-state index in [-0.39, 0.29) is 16.9 Å². The van der Waals surface area contributed by atoms with E-state index < -0.39 is 5.41 Å². The van der Waals surface area contributed by atoms with Gasteiger partial charge < -0.3 is 4.90 Å². The molecule has 1 aliphatic heterocycles. The van der Waals surface area contributed by atoms with Crippen molar-refractivity contribution in [3.63, 3.8) is 0 Å². The second-order valence-electron chi connectivity index (χ2n) is 8.62. The largest absolute Gasteiger partial charge is 0.341 e. The number of carbonyl (C=O) groups excluding carboxylic acids is 1. The summed E-state index contributed by atoms with van der Waals surface area (Å²) in [5.41, 5.74) is -0.523. The Morgan fingerprint density at radius 1 is 1.28 bits per heavy atom. The van der Waals surface area contributed by atoms with Gasteiger partial charge in [-0.15, -0.1) is 11.3 Å². The van der Waals surface area contributed by atoms with Crippen molar-refractivity contribution in [1.82, 2.24) is 9.80 Å². The van der Waals surface area contributed by atoms with Gasteiger partial charge in [0.2, 0.25) is 5.91 Å². The van der Waals surface area contributed by atoms with Crippen molar-refractivity contribution in [1.29, 1.82) is 5.26 Å². The molecule has 25 heavy (non-hydrogen) atoms. The van der Waals surface area contributed by atoms with Gasteiger partial charge in [0.05, 0.1) is 11.6 Å². The Morgan fingerprint density at radius 3 is 2.48 bits per heavy atom. The van der Waals surface area contributed by atoms with Crippen molar-refractivity contribution < 1.29 is 4.79 Å². The maximum Gasteiger partial charge on any atom is 0.242 e. The first-order valence-corrected chi connectivity index (χ1v) is 10.0. The lowest BCUT2D eigenvalue weighted by atomic mass is 9.66. The minimum atomic E-state index is -0.912. The number of nitrogens with zero attached hydrogens (tertiary/aromatic N) is 3. The van der Waals surface area contributed by atoms with Crippen LogP contribution in [0.3, 0.4) is 0 Å². The zero-order chi connectivity index (χ0) is 18.3. The quantitative estimate of drug-likeness (QED) is 0.823. The number of carbonyl (C=O) groups is 1. The predicted molar refractivity (Wildman–Crippen MR) is 101 cm³/mol. The molecule has 4 nitrogen and oxygen atoms in total. The lowest BCUT2D eigenvalue weighted by Gasteiger charge is -2.48. The van der Waals surface area contributed by atoms with Gasteiger partial charge in [0, 0.05) is 18.0 Å². The van der Waals surface area contributed by atoms with Gasteiger partial charge >= 0.3 is 0 Å². The van der Waals surface area contributed by atoms with Crippen LogP contribution in [0.5, 0.6) is 0 Å². The van der Waals surface area contributed by atoms with Crippen LogP contribution < -0.4 is 0 Å². The number of rotatable bonds is 3. The molecule has 5 heteroatoms. The number of thiophene rings is 1. The average Bonchev–Trinajstić information content (AvgIpc) is 3.26. The summed E-state index contributed by atoms with van der Waals surface area (Å²) in [6, 6.07) is 6.57. The molecule has 1 aromatic heterocycles. The Hall–Kier alpha value is -1.38. The lowest BCUT2D eigenvalue weighted by Crippen LogP contribution is -2.47. The van der Waals surface area contributed by atoms with Crippen LogP contribution in [-0.4, -0.2) is 42.9 Å². The SMILES string of the molecule is CN(C)C1(c2cccs2)CCC2(CCN(C(=O)C(C)(C)C#N)C2)CC1. The van der Waals surface area contributed by atoms with Crippen molar-refractivity contribution in [2.45, 2.75) is 51.5 Å². The van der Waals surface area contributed by atoms with Crippen LogP contribution in [0.4, 0.5) is 0 Å². The summed E-state index contributed by atoms with van der Waals surface area (Å²) in [5.74, 6) is -0.00502. The maximum absolute atomic E-state index is 12.6. The summed E-state index contributed by atoms with van der Waals surface area (Å²) in [5, 5.41) is 11.4. The minimum Gasteiger partial charge on any atom is -0.341 e. The maximum atomic E-state index is 12.6. The number of nitriles is 1. The van der Waals surface area contributed by atoms with Crippen LogP contribution in [0.15, 0.2) is 17.5 Å². The molecule has 2 aliphatic rings. The summed E-state index contributed by atoms with van der Waals surface area (Å²) in [6.07, 6.45) is 5.67. The molecule has 2 heterocycles. The molecule has 1 aliphatic carbocycles. The Kier molecular flexibility index (Phi) is 4.72. The summed E-state index contributed by atoms with van der Waals surface area (Å²) in [7, 11) is 4.38. The average molecular weight is 360 g/mol. The Bertz CT molecular complexity index is 664. The number of hydrogen-bond acceptors (Lipinski definition) is 4. The topological polar surface area (TPSA) is 47.3 Å².